The van der Waals surface area contributed by atoms with Crippen molar-refractivity contribution in [1.29, 1.82) is 0 Å². The van der Waals surface area contributed by atoms with Crippen molar-refractivity contribution in [3.05, 3.63) is 29.8 Å². The third-order valence-corrected chi connectivity index (χ3v) is 3.35. The van der Waals surface area contributed by atoms with Gasteiger partial charge in [0.15, 0.2) is 0 Å². The van der Waals surface area contributed by atoms with Gasteiger partial charge in [-0.2, -0.15) is 31.4 Å². The van der Waals surface area contributed by atoms with Crippen LogP contribution in [0.3, 0.4) is 0 Å². The molecule has 0 atom stereocenters. The standard InChI is InChI=1S/C12H10Cl2F6N2O2.2CH4.2H3O3PS/c1-24-22(6-10(13,14)12(18,19)20)9(23)21-8-5-3-2-4-7(8)11(15,16)17;;;2*1-4(2,3)5/h2-5H,6H2,1H3,(H,21,23);2*1H4;2*(H3,1,2,3,5). The maximum atomic E-state index is 12.8. The molecule has 36 heavy (non-hydrogen) atoms. The molecule has 0 aromatic heterocycles. The lowest BCUT2D eigenvalue weighted by Crippen LogP contribution is -2.48. The highest BCUT2D eigenvalue weighted by atomic mass is 35.5. The van der Waals surface area contributed by atoms with Gasteiger partial charge in [0.05, 0.1) is 24.9 Å². The molecule has 0 radical (unpaired) electrons. The Morgan fingerprint density at radius 1 is 0.972 bits per heavy atom. The van der Waals surface area contributed by atoms with E-state index < -0.39 is 53.9 Å². The maximum absolute atomic E-state index is 12.8. The number of hydrogen-bond donors (Lipinski definition) is 7. The number of para-hydroxylation sites is 1. The van der Waals surface area contributed by atoms with Gasteiger partial charge in [-0.15, -0.1) is 0 Å². The smallest absolute Gasteiger partial charge is 0.325 e. The molecule has 0 unspecified atom stereocenters. The molecule has 22 heteroatoms. The molecule has 0 aliphatic carbocycles. The van der Waals surface area contributed by atoms with E-state index in [1.807, 2.05) is 0 Å². The highest BCUT2D eigenvalue weighted by molar-refractivity contribution is 8.06. The molecule has 0 saturated heterocycles. The summed E-state index contributed by atoms with van der Waals surface area (Å²) in [6.07, 6.45) is -9.88. The number of nitrogens with zero attached hydrogens (tertiary/aromatic N) is 1. The predicted molar refractivity (Wildman–Crippen MR) is 130 cm³/mol. The monoisotopic (exact) mass is 658 g/mol. The summed E-state index contributed by atoms with van der Waals surface area (Å²) in [7, 11) is 0.829. The van der Waals surface area contributed by atoms with E-state index in [0.29, 0.717) is 6.07 Å². The molecule has 0 saturated carbocycles. The molecule has 0 fully saturated rings. The van der Waals surface area contributed by atoms with Crippen LogP contribution in [0.1, 0.15) is 20.4 Å². The molecule has 7 N–H and O–H groups in total. The van der Waals surface area contributed by atoms with E-state index in [1.165, 1.54) is 6.07 Å². The molecule has 0 heterocycles. The fourth-order valence-corrected chi connectivity index (χ4v) is 1.72. The van der Waals surface area contributed by atoms with E-state index in [0.717, 1.165) is 19.2 Å². The summed E-state index contributed by atoms with van der Waals surface area (Å²) in [6.45, 7) is -8.98. The number of hydrogen-bond acceptors (Lipinski definition) is 4. The molecule has 1 aromatic carbocycles. The average Bonchev–Trinajstić information content (AvgIpc) is 2.55. The van der Waals surface area contributed by atoms with Gasteiger partial charge in [-0.05, 0) is 35.7 Å². The van der Waals surface area contributed by atoms with E-state index in [4.69, 9.17) is 52.6 Å². The van der Waals surface area contributed by atoms with Crippen LogP contribution >= 0.6 is 36.6 Å². The van der Waals surface area contributed by atoms with Crippen LogP contribution in [0.2, 0.25) is 0 Å². The number of carbonyl (C=O) groups is 1. The highest BCUT2D eigenvalue weighted by Gasteiger charge is 2.54. The lowest BCUT2D eigenvalue weighted by Gasteiger charge is -2.29. The predicted octanol–water partition coefficient (Wildman–Crippen LogP) is 4.48. The first-order chi connectivity index (χ1) is 14.8. The molecule has 216 valence electrons. The molecular weight excluding hydrogens is 635 g/mol. The van der Waals surface area contributed by atoms with Crippen molar-refractivity contribution in [2.45, 2.75) is 31.5 Å². The summed E-state index contributed by atoms with van der Waals surface area (Å²) < 4.78 is 72.9. The van der Waals surface area contributed by atoms with E-state index >= 15 is 0 Å². The third kappa shape index (κ3) is 21.7. The minimum absolute atomic E-state index is 0. The van der Waals surface area contributed by atoms with Crippen LogP contribution in [0.5, 0.6) is 0 Å². The van der Waals surface area contributed by atoms with Gasteiger partial charge in [-0.1, -0.05) is 50.2 Å². The number of nitrogens with one attached hydrogen (secondary N) is 1. The normalized spacial score (nSPS) is 11.9. The quantitative estimate of drug-likeness (QED) is 0.106. The zero-order valence-corrected chi connectivity index (χ0v) is 21.1. The lowest BCUT2D eigenvalue weighted by molar-refractivity contribution is -0.165. The van der Waals surface area contributed by atoms with Gasteiger partial charge in [0, 0.05) is 0 Å². The topological polar surface area (TPSA) is 163 Å². The summed E-state index contributed by atoms with van der Waals surface area (Å²) >= 11 is 17.4. The van der Waals surface area contributed by atoms with Crippen LogP contribution in [0.4, 0.5) is 36.8 Å². The number of rotatable bonds is 4. The minimum atomic E-state index is -5.10. The second kappa shape index (κ2) is 16.6. The number of hydroxylamine groups is 2. The molecular formula is C14H24Cl2F6N2O8P2S2. The molecule has 0 aliphatic heterocycles. The first-order valence-electron chi connectivity index (χ1n) is 7.59. The van der Waals surface area contributed by atoms with E-state index in [1.54, 1.807) is 5.32 Å². The van der Waals surface area contributed by atoms with E-state index in [2.05, 4.69) is 28.5 Å². The first kappa shape index (κ1) is 42.7. The third-order valence-electron chi connectivity index (χ3n) is 2.68. The van der Waals surface area contributed by atoms with E-state index in [9.17, 15) is 31.1 Å². The minimum Gasteiger partial charge on any atom is -0.325 e. The number of halogens is 8. The van der Waals surface area contributed by atoms with Crippen LogP contribution in [-0.4, -0.2) is 64.6 Å². The maximum Gasteiger partial charge on any atom is 0.423 e. The zero-order chi connectivity index (χ0) is 27.8. The second-order valence-electron chi connectivity index (χ2n) is 5.42. The number of anilines is 1. The summed E-state index contributed by atoms with van der Waals surface area (Å²) in [5.74, 6) is 0. The van der Waals surface area contributed by atoms with Crippen molar-refractivity contribution >= 4 is 72.0 Å². The van der Waals surface area contributed by atoms with Crippen molar-refractivity contribution in [1.82, 2.24) is 5.06 Å². The fraction of sp³-hybridized carbons (Fsp3) is 0.500. The van der Waals surface area contributed by atoms with Crippen LogP contribution in [0.25, 0.3) is 0 Å². The van der Waals surface area contributed by atoms with Gasteiger partial charge in [-0.3, -0.25) is 4.84 Å². The fourth-order valence-electron chi connectivity index (χ4n) is 1.51. The largest absolute Gasteiger partial charge is 0.423 e. The number of amides is 2. The molecule has 0 aliphatic rings. The Hall–Kier alpha value is -0.330. The Morgan fingerprint density at radius 2 is 1.33 bits per heavy atom. The van der Waals surface area contributed by atoms with Crippen LogP contribution in [0.15, 0.2) is 24.3 Å². The molecule has 1 rings (SSSR count). The summed E-state index contributed by atoms with van der Waals surface area (Å²) in [6, 6.07) is 2.48. The number of alkyl halides is 8. The Morgan fingerprint density at radius 3 is 1.64 bits per heavy atom. The highest BCUT2D eigenvalue weighted by Crippen LogP contribution is 2.40. The molecule has 10 nitrogen and oxygen atoms in total. The molecule has 0 spiro atoms. The van der Waals surface area contributed by atoms with Crippen molar-refractivity contribution in [3.63, 3.8) is 0 Å². The zero-order valence-electron chi connectivity index (χ0n) is 16.2. The molecule has 1 aromatic rings. The van der Waals surface area contributed by atoms with E-state index in [-0.39, 0.29) is 19.9 Å². The number of urea groups is 1. The Balaban J connectivity index is -0.000000361. The van der Waals surface area contributed by atoms with Crippen LogP contribution in [0, 0.1) is 0 Å². The van der Waals surface area contributed by atoms with Crippen molar-refractivity contribution in [2.75, 3.05) is 19.0 Å². The molecule has 0 bridgehead atoms. The first-order valence-corrected chi connectivity index (χ1v) is 13.7. The van der Waals surface area contributed by atoms with Gasteiger partial charge >= 0.3 is 31.8 Å². The SMILES string of the molecule is C.C.CON(CC(Cl)(Cl)C(F)(F)F)C(=O)Nc1ccccc1C(F)(F)F.OP(O)(O)=S.OP(O)(O)=S. The van der Waals surface area contributed by atoms with Crippen LogP contribution < -0.4 is 5.32 Å². The van der Waals surface area contributed by atoms with Crippen LogP contribution in [-0.2, 0) is 34.6 Å². The van der Waals surface area contributed by atoms with Gasteiger partial charge in [0.25, 0.3) is 0 Å². The number of carbonyl (C=O) groups excluding carboxylic acids is 1. The van der Waals surface area contributed by atoms with Crippen molar-refractivity contribution in [3.8, 4) is 0 Å². The summed E-state index contributed by atoms with van der Waals surface area (Å²) in [5, 5.41) is 1.86. The van der Waals surface area contributed by atoms with Crippen molar-refractivity contribution < 1.29 is 65.3 Å². The van der Waals surface area contributed by atoms with Gasteiger partial charge in [-0.25, -0.2) is 4.79 Å². The summed E-state index contributed by atoms with van der Waals surface area (Å²) in [4.78, 5) is 61.6. The summed E-state index contributed by atoms with van der Waals surface area (Å²) in [5.41, 5.74) is -1.85. The molecule has 2 amide bonds. The van der Waals surface area contributed by atoms with Gasteiger partial charge < -0.3 is 34.7 Å². The van der Waals surface area contributed by atoms with Gasteiger partial charge in [0.1, 0.15) is 0 Å². The average molecular weight is 659 g/mol. The Labute approximate surface area is 222 Å². The Bertz CT molecular complexity index is 866. The Kier molecular flexibility index (Phi) is 19.7. The second-order valence-corrected chi connectivity index (χ2v) is 11.9. The van der Waals surface area contributed by atoms with Crippen molar-refractivity contribution in [2.24, 2.45) is 0 Å². The van der Waals surface area contributed by atoms with Gasteiger partial charge in [0.2, 0.25) is 4.33 Å². The number of benzene rings is 1. The lowest BCUT2D eigenvalue weighted by atomic mass is 10.1.